The Morgan fingerprint density at radius 3 is 2.37 bits per heavy atom. The maximum atomic E-state index is 13.4. The highest BCUT2D eigenvalue weighted by molar-refractivity contribution is 6.16. The van der Waals surface area contributed by atoms with Gasteiger partial charge in [0.25, 0.3) is 5.91 Å². The summed E-state index contributed by atoms with van der Waals surface area (Å²) in [6.07, 6.45) is 2.84. The number of ether oxygens (including phenoxy) is 2. The van der Waals surface area contributed by atoms with Crippen LogP contribution < -0.4 is 25.5 Å². The summed E-state index contributed by atoms with van der Waals surface area (Å²) < 4.78 is 10.7. The average Bonchev–Trinajstić information content (AvgIpc) is 3.51. The molecular formula is C30H34N4O7. The maximum absolute atomic E-state index is 13.4. The molecule has 41 heavy (non-hydrogen) atoms. The summed E-state index contributed by atoms with van der Waals surface area (Å²) in [5.74, 6) is -3.73. The molecule has 0 aromatic heterocycles. The van der Waals surface area contributed by atoms with E-state index in [2.05, 4.69) is 16.1 Å². The van der Waals surface area contributed by atoms with Crippen LogP contribution in [-0.2, 0) is 24.0 Å². The van der Waals surface area contributed by atoms with Crippen molar-refractivity contribution >= 4 is 35.5 Å². The van der Waals surface area contributed by atoms with Crippen LogP contribution in [0.4, 0.5) is 0 Å². The first-order valence-electron chi connectivity index (χ1n) is 13.4. The Balaban J connectivity index is 1.45. The van der Waals surface area contributed by atoms with Crippen molar-refractivity contribution in [2.75, 3.05) is 13.8 Å². The van der Waals surface area contributed by atoms with Gasteiger partial charge in [-0.05, 0) is 35.3 Å². The van der Waals surface area contributed by atoms with Crippen molar-refractivity contribution in [3.05, 3.63) is 65.7 Å². The zero-order chi connectivity index (χ0) is 29.7. The zero-order valence-electron chi connectivity index (χ0n) is 23.4. The molecule has 1 saturated heterocycles. The fourth-order valence-electron chi connectivity index (χ4n) is 4.92. The summed E-state index contributed by atoms with van der Waals surface area (Å²) in [6.45, 7) is 5.18. The van der Waals surface area contributed by atoms with Crippen LogP contribution in [0.3, 0.4) is 0 Å². The minimum atomic E-state index is -1.20. The quantitative estimate of drug-likeness (QED) is 0.215. The van der Waals surface area contributed by atoms with Gasteiger partial charge in [0.2, 0.25) is 24.5 Å². The molecule has 4 amide bonds. The molecule has 4 rings (SSSR count). The van der Waals surface area contributed by atoms with Gasteiger partial charge in [0.1, 0.15) is 5.92 Å². The molecule has 0 aliphatic carbocycles. The smallest absolute Gasteiger partial charge is 0.255 e. The van der Waals surface area contributed by atoms with Crippen LogP contribution in [0.15, 0.2) is 54.6 Å². The van der Waals surface area contributed by atoms with E-state index in [0.717, 1.165) is 10.6 Å². The molecule has 2 aliphatic heterocycles. The normalized spacial score (nSPS) is 19.5. The second kappa shape index (κ2) is 12.8. The molecular weight excluding hydrogens is 528 g/mol. The van der Waals surface area contributed by atoms with E-state index in [1.54, 1.807) is 62.4 Å². The lowest BCUT2D eigenvalue weighted by molar-refractivity contribution is -0.144. The molecule has 1 fully saturated rings. The van der Waals surface area contributed by atoms with Crippen molar-refractivity contribution in [1.82, 2.24) is 21.1 Å². The van der Waals surface area contributed by atoms with Crippen LogP contribution >= 0.6 is 0 Å². The first-order valence-corrected chi connectivity index (χ1v) is 13.4. The van der Waals surface area contributed by atoms with E-state index in [9.17, 15) is 24.0 Å². The average molecular weight is 563 g/mol. The molecule has 4 atom stereocenters. The second-order valence-corrected chi connectivity index (χ2v) is 10.3. The number of nitrogens with zero attached hydrogens (tertiary/aromatic N) is 1. The number of fused-ring (bicyclic) bond motifs is 1. The van der Waals surface area contributed by atoms with Gasteiger partial charge in [-0.3, -0.25) is 24.0 Å². The van der Waals surface area contributed by atoms with Gasteiger partial charge in [0, 0.05) is 13.1 Å². The molecule has 0 saturated carbocycles. The van der Waals surface area contributed by atoms with E-state index >= 15 is 0 Å². The summed E-state index contributed by atoms with van der Waals surface area (Å²) >= 11 is 0. The largest absolute Gasteiger partial charge is 0.454 e. The third kappa shape index (κ3) is 6.63. The van der Waals surface area contributed by atoms with Crippen LogP contribution in [0, 0.1) is 17.8 Å². The van der Waals surface area contributed by atoms with E-state index in [1.807, 2.05) is 6.07 Å². The third-order valence-corrected chi connectivity index (χ3v) is 7.15. The minimum Gasteiger partial charge on any atom is -0.454 e. The van der Waals surface area contributed by atoms with Crippen LogP contribution in [0.2, 0.25) is 0 Å². The summed E-state index contributed by atoms with van der Waals surface area (Å²) in [5, 5.41) is 6.45. The molecule has 216 valence electrons. The lowest BCUT2D eigenvalue weighted by Gasteiger charge is -2.26. The Bertz CT molecular complexity index is 1360. The molecule has 3 N–H and O–H groups in total. The number of hydrazine groups is 1. The van der Waals surface area contributed by atoms with Crippen LogP contribution in [0.25, 0.3) is 6.08 Å². The summed E-state index contributed by atoms with van der Waals surface area (Å²) in [5.41, 5.74) is 3.96. The fraction of sp³-hybridized carbons (Fsp3) is 0.367. The molecule has 2 aromatic rings. The van der Waals surface area contributed by atoms with Crippen molar-refractivity contribution in [2.24, 2.45) is 17.8 Å². The topological polar surface area (TPSA) is 143 Å². The molecule has 0 bridgehead atoms. The molecule has 0 radical (unpaired) electrons. The number of hydrogen-bond donors (Lipinski definition) is 3. The van der Waals surface area contributed by atoms with Crippen molar-refractivity contribution in [1.29, 1.82) is 0 Å². The number of ketones is 1. The summed E-state index contributed by atoms with van der Waals surface area (Å²) in [7, 11) is 1.43. The van der Waals surface area contributed by atoms with Crippen LogP contribution in [-0.4, -0.2) is 54.3 Å². The lowest BCUT2D eigenvalue weighted by atomic mass is 9.85. The Labute approximate surface area is 238 Å². The number of carbonyl (C=O) groups excluding carboxylic acids is 5. The van der Waals surface area contributed by atoms with Gasteiger partial charge in [-0.1, -0.05) is 57.2 Å². The van der Waals surface area contributed by atoms with Gasteiger partial charge in [0.15, 0.2) is 17.3 Å². The van der Waals surface area contributed by atoms with Crippen molar-refractivity contribution in [2.45, 2.75) is 39.3 Å². The first-order chi connectivity index (χ1) is 19.6. The van der Waals surface area contributed by atoms with E-state index in [4.69, 9.17) is 9.47 Å². The van der Waals surface area contributed by atoms with Crippen LogP contribution in [0.1, 0.15) is 44.4 Å². The van der Waals surface area contributed by atoms with Gasteiger partial charge >= 0.3 is 0 Å². The molecule has 2 aromatic carbocycles. The molecule has 11 heteroatoms. The number of carbonyl (C=O) groups is 5. The predicted octanol–water partition coefficient (Wildman–Crippen LogP) is 2.14. The van der Waals surface area contributed by atoms with Gasteiger partial charge in [-0.15, -0.1) is 0 Å². The number of amides is 4. The summed E-state index contributed by atoms with van der Waals surface area (Å²) in [4.78, 5) is 64.7. The Morgan fingerprint density at radius 2 is 1.71 bits per heavy atom. The SMILES string of the molecule is CNN1C(=O)[C@@H](C(=O)[C@@H](NC(=O)C[C@H](NC(=O)/C=C/c2ccc3c(c2)OCO3)c2ccccc2)C(C)C)[C@H](C)C1=O. The van der Waals surface area contributed by atoms with Crippen molar-refractivity contribution in [3.63, 3.8) is 0 Å². The minimum absolute atomic E-state index is 0.148. The van der Waals surface area contributed by atoms with Gasteiger partial charge in [0.05, 0.1) is 24.4 Å². The monoisotopic (exact) mass is 562 g/mol. The highest BCUT2D eigenvalue weighted by Gasteiger charge is 2.50. The van der Waals surface area contributed by atoms with Crippen molar-refractivity contribution < 1.29 is 33.4 Å². The number of benzene rings is 2. The standard InChI is InChI=1S/C30H34N4O7/c1-17(2)27(28(37)26-18(3)29(38)34(31-4)30(26)39)33-25(36)15-21(20-8-6-5-7-9-20)32-24(35)13-11-19-10-12-22-23(14-19)41-16-40-22/h5-14,17-18,21,26-27,31H,15-16H2,1-4H3,(H,32,35)(H,33,36)/b13-11+/t18-,21-,26+,27-/m0/s1. The highest BCUT2D eigenvalue weighted by atomic mass is 16.7. The molecule has 11 nitrogen and oxygen atoms in total. The van der Waals surface area contributed by atoms with Crippen molar-refractivity contribution in [3.8, 4) is 11.5 Å². The number of imide groups is 1. The van der Waals surface area contributed by atoms with E-state index in [1.165, 1.54) is 20.0 Å². The highest BCUT2D eigenvalue weighted by Crippen LogP contribution is 2.33. The Morgan fingerprint density at radius 1 is 1.00 bits per heavy atom. The number of rotatable bonds is 11. The van der Waals surface area contributed by atoms with E-state index in [0.29, 0.717) is 17.1 Å². The molecule has 0 unspecified atom stereocenters. The molecule has 2 aliphatic rings. The Hall–Kier alpha value is -4.51. The maximum Gasteiger partial charge on any atom is 0.255 e. The number of Topliss-reactive ketones (excluding diaryl/α,β-unsaturated/α-hetero) is 1. The van der Waals surface area contributed by atoms with Gasteiger partial charge < -0.3 is 20.1 Å². The Kier molecular flexibility index (Phi) is 9.18. The summed E-state index contributed by atoms with van der Waals surface area (Å²) in [6, 6.07) is 12.6. The second-order valence-electron chi connectivity index (χ2n) is 10.3. The molecule has 2 heterocycles. The van der Waals surface area contributed by atoms with Gasteiger partial charge in [-0.25, -0.2) is 10.4 Å². The van der Waals surface area contributed by atoms with Gasteiger partial charge in [-0.2, -0.15) is 0 Å². The fourth-order valence-corrected chi connectivity index (χ4v) is 4.92. The predicted molar refractivity (Wildman–Crippen MR) is 149 cm³/mol. The molecule has 0 spiro atoms. The third-order valence-electron chi connectivity index (χ3n) is 7.15. The van der Waals surface area contributed by atoms with E-state index < -0.39 is 53.3 Å². The van der Waals surface area contributed by atoms with E-state index in [-0.39, 0.29) is 19.1 Å². The number of hydrogen-bond acceptors (Lipinski definition) is 8. The number of nitrogens with one attached hydrogen (secondary N) is 3. The lowest BCUT2D eigenvalue weighted by Crippen LogP contribution is -2.50. The van der Waals surface area contributed by atoms with Crippen LogP contribution in [0.5, 0.6) is 11.5 Å². The zero-order valence-corrected chi connectivity index (χ0v) is 23.4. The first kappa shape index (κ1) is 29.5.